The molecule has 0 bridgehead atoms. The molecule has 2 unspecified atom stereocenters. The maximum atomic E-state index is 14.9. The molecule has 19 heavy (non-hydrogen) atoms. The minimum atomic E-state index is -2.11. The molecule has 0 radical (unpaired) electrons. The minimum Gasteiger partial charge on any atom is -0.481 e. The second kappa shape index (κ2) is 4.82. The van der Waals surface area contributed by atoms with Crippen LogP contribution in [0.25, 0.3) is 5.57 Å². The van der Waals surface area contributed by atoms with Gasteiger partial charge < -0.3 is 5.11 Å². The van der Waals surface area contributed by atoms with Crippen molar-refractivity contribution in [2.75, 3.05) is 0 Å². The molecule has 0 spiro atoms. The first-order valence-electron chi connectivity index (χ1n) is 5.91. The number of hydrogen-bond donors (Lipinski definition) is 1. The van der Waals surface area contributed by atoms with Crippen molar-refractivity contribution in [1.29, 1.82) is 0 Å². The predicted molar refractivity (Wildman–Crippen MR) is 73.9 cm³/mol. The van der Waals surface area contributed by atoms with E-state index in [0.29, 0.717) is 5.57 Å². The fourth-order valence-corrected chi connectivity index (χ4v) is 2.26. The van der Waals surface area contributed by atoms with Crippen molar-refractivity contribution in [3.8, 4) is 0 Å². The van der Waals surface area contributed by atoms with Gasteiger partial charge in [-0.1, -0.05) is 42.5 Å². The molecule has 0 heterocycles. The van der Waals surface area contributed by atoms with E-state index in [1.807, 2.05) is 30.3 Å². The maximum absolute atomic E-state index is 14.9. The topological polar surface area (TPSA) is 37.3 Å². The second-order valence-electron chi connectivity index (χ2n) is 4.81. The van der Waals surface area contributed by atoms with Crippen molar-refractivity contribution < 1.29 is 14.3 Å². The Labute approximate surface area is 116 Å². The molecule has 0 aliphatic heterocycles. The Morgan fingerprint density at radius 3 is 2.58 bits per heavy atom. The molecule has 100 valence electrons. The van der Waals surface area contributed by atoms with Crippen LogP contribution in [0.3, 0.4) is 0 Å². The number of carboxylic acid groups (broad SMARTS) is 1. The first-order valence-corrected chi connectivity index (χ1v) is 6.29. The molecular weight excluding hydrogens is 267 g/mol. The van der Waals surface area contributed by atoms with Gasteiger partial charge in [0.2, 0.25) is 0 Å². The van der Waals surface area contributed by atoms with E-state index in [-0.39, 0.29) is 0 Å². The molecule has 1 aliphatic rings. The van der Waals surface area contributed by atoms with Crippen LogP contribution in [0, 0.1) is 0 Å². The number of hydrogen-bond acceptors (Lipinski definition) is 1. The fourth-order valence-electron chi connectivity index (χ4n) is 2.07. The first kappa shape index (κ1) is 13.8. The van der Waals surface area contributed by atoms with Crippen LogP contribution in [-0.4, -0.2) is 21.6 Å². The fraction of sp³-hybridized carbons (Fsp3) is 0.267. The summed E-state index contributed by atoms with van der Waals surface area (Å²) in [7, 11) is 0. The van der Waals surface area contributed by atoms with Crippen LogP contribution in [0.4, 0.5) is 4.39 Å². The van der Waals surface area contributed by atoms with E-state index in [1.165, 1.54) is 19.1 Å². The van der Waals surface area contributed by atoms with Crippen LogP contribution in [0.15, 0.2) is 48.6 Å². The van der Waals surface area contributed by atoms with Gasteiger partial charge in [-0.25, -0.2) is 4.39 Å². The van der Waals surface area contributed by atoms with Gasteiger partial charge in [0.15, 0.2) is 5.67 Å². The molecular formula is C15H14ClFO2. The summed E-state index contributed by atoms with van der Waals surface area (Å²) in [6.45, 7) is 1.48. The Morgan fingerprint density at radius 1 is 1.37 bits per heavy atom. The molecule has 2 nitrogen and oxygen atoms in total. The van der Waals surface area contributed by atoms with Crippen LogP contribution in [-0.2, 0) is 4.79 Å². The van der Waals surface area contributed by atoms with Crippen LogP contribution < -0.4 is 0 Å². The largest absolute Gasteiger partial charge is 0.481 e. The third-order valence-corrected chi connectivity index (χ3v) is 3.73. The maximum Gasteiger partial charge on any atom is 0.307 e. The van der Waals surface area contributed by atoms with Gasteiger partial charge in [-0.2, -0.15) is 0 Å². The Kier molecular flexibility index (Phi) is 3.50. The third kappa shape index (κ3) is 2.71. The zero-order valence-corrected chi connectivity index (χ0v) is 11.2. The highest BCUT2D eigenvalue weighted by atomic mass is 35.5. The Morgan fingerprint density at radius 2 is 2.00 bits per heavy atom. The number of carboxylic acids is 1. The Bertz CT molecular complexity index is 549. The lowest BCUT2D eigenvalue weighted by molar-refractivity contribution is -0.139. The van der Waals surface area contributed by atoms with Crippen molar-refractivity contribution in [3.05, 3.63) is 54.1 Å². The normalized spacial score (nSPS) is 29.9. The Balaban J connectivity index is 2.44. The van der Waals surface area contributed by atoms with E-state index in [4.69, 9.17) is 16.7 Å². The molecule has 1 N–H and O–H groups in total. The molecule has 2 rings (SSSR count). The van der Waals surface area contributed by atoms with Crippen LogP contribution in [0.2, 0.25) is 0 Å². The zero-order valence-electron chi connectivity index (χ0n) is 10.4. The molecule has 4 heteroatoms. The minimum absolute atomic E-state index is 0.641. The summed E-state index contributed by atoms with van der Waals surface area (Å²) in [5, 5.41) is 8.87. The van der Waals surface area contributed by atoms with Gasteiger partial charge in [0.05, 0.1) is 11.3 Å². The van der Waals surface area contributed by atoms with E-state index in [9.17, 15) is 9.18 Å². The van der Waals surface area contributed by atoms with E-state index >= 15 is 0 Å². The van der Waals surface area contributed by atoms with Crippen LogP contribution >= 0.6 is 11.6 Å². The van der Waals surface area contributed by atoms with Gasteiger partial charge >= 0.3 is 5.97 Å². The van der Waals surface area contributed by atoms with E-state index in [2.05, 4.69) is 0 Å². The smallest absolute Gasteiger partial charge is 0.307 e. The van der Waals surface area contributed by atoms with E-state index < -0.39 is 22.9 Å². The van der Waals surface area contributed by atoms with Gasteiger partial charge in [-0.05, 0) is 24.1 Å². The Hall–Kier alpha value is -1.61. The zero-order chi connectivity index (χ0) is 14.1. The lowest BCUT2D eigenvalue weighted by Crippen LogP contribution is -2.44. The molecule has 0 amide bonds. The molecule has 2 atom stereocenters. The van der Waals surface area contributed by atoms with Crippen molar-refractivity contribution in [2.45, 2.75) is 23.9 Å². The van der Waals surface area contributed by atoms with Crippen molar-refractivity contribution in [2.24, 2.45) is 0 Å². The highest BCUT2D eigenvalue weighted by molar-refractivity contribution is 6.26. The quantitative estimate of drug-likeness (QED) is 0.855. The summed E-state index contributed by atoms with van der Waals surface area (Å²) in [6.07, 6.45) is 3.89. The summed E-state index contributed by atoms with van der Waals surface area (Å²) < 4.78 is 14.9. The van der Waals surface area contributed by atoms with Crippen LogP contribution in [0.1, 0.15) is 18.9 Å². The molecule has 1 aliphatic carbocycles. The number of benzene rings is 1. The van der Waals surface area contributed by atoms with Gasteiger partial charge in [0.1, 0.15) is 0 Å². The van der Waals surface area contributed by atoms with Crippen molar-refractivity contribution >= 4 is 23.1 Å². The molecule has 0 fully saturated rings. The summed E-state index contributed by atoms with van der Waals surface area (Å²) in [6, 6.07) is 9.23. The monoisotopic (exact) mass is 280 g/mol. The molecule has 0 saturated heterocycles. The standard InChI is InChI=1S/C15H14ClFO2/c1-14(16)8-7-12(11-5-3-2-4-6-11)9-15(14,17)10-13(18)19/h2-9H,10H2,1H3,(H,18,19). The second-order valence-corrected chi connectivity index (χ2v) is 5.59. The number of alkyl halides is 2. The average Bonchev–Trinajstić information content (AvgIpc) is 2.33. The highest BCUT2D eigenvalue weighted by Gasteiger charge is 2.48. The SMILES string of the molecule is CC1(Cl)C=CC(c2ccccc2)=CC1(F)CC(=O)O. The van der Waals surface area contributed by atoms with E-state index in [1.54, 1.807) is 6.08 Å². The predicted octanol–water partition coefficient (Wildman–Crippen LogP) is 3.82. The lowest BCUT2D eigenvalue weighted by Gasteiger charge is -2.36. The summed E-state index contributed by atoms with van der Waals surface area (Å²) in [4.78, 5) is 9.49. The van der Waals surface area contributed by atoms with Crippen molar-refractivity contribution in [3.63, 3.8) is 0 Å². The summed E-state index contributed by atoms with van der Waals surface area (Å²) in [5.74, 6) is -1.21. The number of carbonyl (C=O) groups is 1. The molecule has 1 aromatic rings. The molecule has 1 aromatic carbocycles. The summed E-state index contributed by atoms with van der Waals surface area (Å²) in [5.41, 5.74) is -0.638. The number of halogens is 2. The number of rotatable bonds is 3. The first-order chi connectivity index (χ1) is 8.84. The highest BCUT2D eigenvalue weighted by Crippen LogP contribution is 2.43. The van der Waals surface area contributed by atoms with Crippen molar-refractivity contribution in [1.82, 2.24) is 0 Å². The molecule has 0 aromatic heterocycles. The average molecular weight is 281 g/mol. The van der Waals surface area contributed by atoms with Gasteiger partial charge in [-0.15, -0.1) is 11.6 Å². The number of aliphatic carboxylic acids is 1. The lowest BCUT2D eigenvalue weighted by atomic mass is 9.80. The van der Waals surface area contributed by atoms with Crippen LogP contribution in [0.5, 0.6) is 0 Å². The van der Waals surface area contributed by atoms with Gasteiger partial charge in [0.25, 0.3) is 0 Å². The van der Waals surface area contributed by atoms with Gasteiger partial charge in [-0.3, -0.25) is 4.79 Å². The molecule has 0 saturated carbocycles. The van der Waals surface area contributed by atoms with Gasteiger partial charge in [0, 0.05) is 0 Å². The summed E-state index contributed by atoms with van der Waals surface area (Å²) >= 11 is 6.11. The third-order valence-electron chi connectivity index (χ3n) is 3.29. The van der Waals surface area contributed by atoms with E-state index in [0.717, 1.165) is 5.56 Å². The number of allylic oxidation sites excluding steroid dienone is 4.